The molecule has 0 unspecified atom stereocenters. The number of rotatable bonds is 4. The zero-order valence-electron chi connectivity index (χ0n) is 14.0. The first kappa shape index (κ1) is 20.0. The summed E-state index contributed by atoms with van der Waals surface area (Å²) in [4.78, 5) is 18.7. The standard InChI is InChI=1S/C14H25N5O2S/c1-9(16-10(2)17-12(22)18(6)7)11(15)19(8)13(20)21-14(3,4)5/h15-16H,1-2H2,3-8H3,(H,17,22). The molecule has 0 saturated carbocycles. The maximum Gasteiger partial charge on any atom is 0.415 e. The molecule has 1 amide bonds. The first-order valence-electron chi connectivity index (χ1n) is 6.50. The van der Waals surface area contributed by atoms with Crippen LogP contribution in [0.3, 0.4) is 0 Å². The van der Waals surface area contributed by atoms with E-state index < -0.39 is 11.7 Å². The Bertz CT molecular complexity index is 506. The summed E-state index contributed by atoms with van der Waals surface area (Å²) in [5.74, 6) is 0.113. The maximum absolute atomic E-state index is 11.9. The average Bonchev–Trinajstić information content (AvgIpc) is 2.34. The number of aliphatic imine (C=N–C) groups is 1. The molecule has 0 fully saturated rings. The van der Waals surface area contributed by atoms with Crippen molar-refractivity contribution in [3.05, 3.63) is 24.7 Å². The zero-order chi connectivity index (χ0) is 17.7. The number of amides is 1. The Hall–Kier alpha value is -1.96. The van der Waals surface area contributed by atoms with E-state index in [1.807, 2.05) is 0 Å². The number of hydrogen-bond donors (Lipinski definition) is 3. The van der Waals surface area contributed by atoms with Gasteiger partial charge >= 0.3 is 6.09 Å². The monoisotopic (exact) mass is 327 g/mol. The van der Waals surface area contributed by atoms with Crippen LogP contribution in [0.25, 0.3) is 0 Å². The molecule has 22 heavy (non-hydrogen) atoms. The molecule has 0 aliphatic carbocycles. The Morgan fingerprint density at radius 3 is 2.18 bits per heavy atom. The second-order valence-corrected chi connectivity index (χ2v) is 6.14. The van der Waals surface area contributed by atoms with E-state index in [2.05, 4.69) is 36.1 Å². The van der Waals surface area contributed by atoms with Gasteiger partial charge in [0.15, 0.2) is 11.0 Å². The number of thiol groups is 1. The SMILES string of the molecule is C=C(/N=C(/S)N(C)C)NC(=C)C(=N)N(C)C(=O)OC(C)(C)C. The van der Waals surface area contributed by atoms with Gasteiger partial charge in [-0.15, -0.1) is 12.6 Å². The number of nitrogens with zero attached hydrogens (tertiary/aromatic N) is 3. The Labute approximate surface area is 137 Å². The topological polar surface area (TPSA) is 81.0 Å². The lowest BCUT2D eigenvalue weighted by Crippen LogP contribution is -2.40. The second kappa shape index (κ2) is 7.88. The molecule has 0 aliphatic heterocycles. The molecule has 124 valence electrons. The number of nitrogens with one attached hydrogen (secondary N) is 2. The van der Waals surface area contributed by atoms with Crippen molar-refractivity contribution in [2.24, 2.45) is 4.99 Å². The minimum Gasteiger partial charge on any atom is -0.443 e. The summed E-state index contributed by atoms with van der Waals surface area (Å²) in [5.41, 5.74) is -0.469. The molecule has 0 bridgehead atoms. The predicted octanol–water partition coefficient (Wildman–Crippen LogP) is 2.25. The highest BCUT2D eigenvalue weighted by Crippen LogP contribution is 2.10. The van der Waals surface area contributed by atoms with Gasteiger partial charge in [-0.3, -0.25) is 10.3 Å². The molecule has 0 spiro atoms. The summed E-state index contributed by atoms with van der Waals surface area (Å²) < 4.78 is 5.18. The van der Waals surface area contributed by atoms with Crippen LogP contribution in [0.15, 0.2) is 29.7 Å². The van der Waals surface area contributed by atoms with Crippen molar-refractivity contribution in [3.8, 4) is 0 Å². The average molecular weight is 327 g/mol. The van der Waals surface area contributed by atoms with Crippen LogP contribution in [0.4, 0.5) is 4.79 Å². The molecule has 7 nitrogen and oxygen atoms in total. The van der Waals surface area contributed by atoms with E-state index in [4.69, 9.17) is 10.1 Å². The third kappa shape index (κ3) is 7.16. The fourth-order valence-electron chi connectivity index (χ4n) is 1.11. The molecule has 0 rings (SSSR count). The molecular weight excluding hydrogens is 302 g/mol. The Kier molecular flexibility index (Phi) is 7.18. The minimum absolute atomic E-state index is 0.142. The highest BCUT2D eigenvalue weighted by atomic mass is 32.1. The van der Waals surface area contributed by atoms with Crippen LogP contribution < -0.4 is 5.32 Å². The third-order valence-corrected chi connectivity index (χ3v) is 2.72. The van der Waals surface area contributed by atoms with Crippen LogP contribution in [-0.4, -0.2) is 53.6 Å². The van der Waals surface area contributed by atoms with Gasteiger partial charge in [0.25, 0.3) is 0 Å². The van der Waals surface area contributed by atoms with Crippen molar-refractivity contribution in [1.82, 2.24) is 15.1 Å². The Morgan fingerprint density at radius 1 is 1.27 bits per heavy atom. The summed E-state index contributed by atoms with van der Waals surface area (Å²) >= 11 is 4.17. The zero-order valence-corrected chi connectivity index (χ0v) is 14.9. The lowest BCUT2D eigenvalue weighted by Gasteiger charge is -2.25. The summed E-state index contributed by atoms with van der Waals surface area (Å²) in [6.45, 7) is 12.6. The van der Waals surface area contributed by atoms with Gasteiger partial charge in [0, 0.05) is 21.1 Å². The molecule has 0 saturated heterocycles. The van der Waals surface area contributed by atoms with Crippen molar-refractivity contribution in [3.63, 3.8) is 0 Å². The molecule has 0 atom stereocenters. The van der Waals surface area contributed by atoms with Crippen molar-refractivity contribution in [1.29, 1.82) is 5.41 Å². The molecule has 0 aromatic carbocycles. The minimum atomic E-state index is -0.641. The summed E-state index contributed by atoms with van der Waals surface area (Å²) in [7, 11) is 5.00. The number of hydrogen-bond acceptors (Lipinski definition) is 5. The van der Waals surface area contributed by atoms with Crippen LogP contribution in [0.5, 0.6) is 0 Å². The molecule has 0 radical (unpaired) electrons. The van der Waals surface area contributed by atoms with Crippen molar-refractivity contribution >= 4 is 29.7 Å². The lowest BCUT2D eigenvalue weighted by molar-refractivity contribution is 0.0401. The van der Waals surface area contributed by atoms with Crippen LogP contribution in [0, 0.1) is 5.41 Å². The summed E-state index contributed by atoms with van der Waals surface area (Å²) in [5, 5.41) is 11.1. The summed E-state index contributed by atoms with van der Waals surface area (Å²) in [6.07, 6.45) is -0.641. The molecule has 8 heteroatoms. The fraction of sp³-hybridized carbons (Fsp3) is 0.500. The smallest absolute Gasteiger partial charge is 0.415 e. The molecule has 0 heterocycles. The maximum atomic E-state index is 11.9. The van der Waals surface area contributed by atoms with Crippen molar-refractivity contribution < 1.29 is 9.53 Å². The first-order chi connectivity index (χ1) is 9.85. The first-order valence-corrected chi connectivity index (χ1v) is 6.95. The van der Waals surface area contributed by atoms with Crippen molar-refractivity contribution in [2.75, 3.05) is 21.1 Å². The Balaban J connectivity index is 4.74. The lowest BCUT2D eigenvalue weighted by atomic mass is 10.2. The summed E-state index contributed by atoms with van der Waals surface area (Å²) in [6, 6.07) is 0. The van der Waals surface area contributed by atoms with Crippen molar-refractivity contribution in [2.45, 2.75) is 26.4 Å². The van der Waals surface area contributed by atoms with Gasteiger partial charge < -0.3 is 15.0 Å². The number of carbonyl (C=O) groups excluding carboxylic acids is 1. The van der Waals surface area contributed by atoms with E-state index in [0.29, 0.717) is 5.17 Å². The molecule has 0 aromatic rings. The Morgan fingerprint density at radius 2 is 1.77 bits per heavy atom. The van der Waals surface area contributed by atoms with Gasteiger partial charge in [-0.2, -0.15) is 0 Å². The van der Waals surface area contributed by atoms with Gasteiger partial charge in [0.1, 0.15) is 11.4 Å². The van der Waals surface area contributed by atoms with Crippen LogP contribution in [-0.2, 0) is 4.74 Å². The highest BCUT2D eigenvalue weighted by molar-refractivity contribution is 7.96. The van der Waals surface area contributed by atoms with Gasteiger partial charge in [-0.05, 0) is 20.8 Å². The van der Waals surface area contributed by atoms with E-state index in [1.165, 1.54) is 7.05 Å². The van der Waals surface area contributed by atoms with Crippen LogP contribution >= 0.6 is 12.6 Å². The van der Waals surface area contributed by atoms with E-state index in [0.717, 1.165) is 4.90 Å². The molecule has 0 aliphatic rings. The quantitative estimate of drug-likeness (QED) is 0.420. The van der Waals surface area contributed by atoms with Gasteiger partial charge in [-0.25, -0.2) is 9.79 Å². The largest absolute Gasteiger partial charge is 0.443 e. The number of ether oxygens (including phenoxy) is 1. The van der Waals surface area contributed by atoms with Gasteiger partial charge in [0.2, 0.25) is 0 Å². The van der Waals surface area contributed by atoms with E-state index in [9.17, 15) is 4.79 Å². The van der Waals surface area contributed by atoms with Gasteiger partial charge in [-0.1, -0.05) is 13.2 Å². The number of amidine groups is 2. The normalized spacial score (nSPS) is 11.5. The molecule has 0 aromatic heterocycles. The highest BCUT2D eigenvalue weighted by Gasteiger charge is 2.23. The van der Waals surface area contributed by atoms with E-state index in [-0.39, 0.29) is 17.4 Å². The number of carbonyl (C=O) groups is 1. The third-order valence-electron chi connectivity index (χ3n) is 2.22. The second-order valence-electron chi connectivity index (χ2n) is 5.74. The number of likely N-dealkylation sites (N-methyl/N-ethyl adjacent to an activating group) is 1. The van der Waals surface area contributed by atoms with E-state index in [1.54, 1.807) is 39.8 Å². The van der Waals surface area contributed by atoms with Crippen LogP contribution in [0.2, 0.25) is 0 Å². The predicted molar refractivity (Wildman–Crippen MR) is 93.2 cm³/mol. The van der Waals surface area contributed by atoms with Crippen LogP contribution in [0.1, 0.15) is 20.8 Å². The van der Waals surface area contributed by atoms with E-state index >= 15 is 0 Å². The molecule has 2 N–H and O–H groups in total. The van der Waals surface area contributed by atoms with Gasteiger partial charge in [0.05, 0.1) is 5.70 Å². The molecular formula is C14H25N5O2S. The fourth-order valence-corrected chi connectivity index (χ4v) is 1.23.